The molecule has 1 aliphatic rings. The Kier molecular flexibility index (Phi) is 3.89. The minimum absolute atomic E-state index is 0.0144. The van der Waals surface area contributed by atoms with Crippen LogP contribution in [0.3, 0.4) is 0 Å². The Labute approximate surface area is 104 Å². The molecule has 92 valence electrons. The largest absolute Gasteiger partial charge is 0.508 e. The van der Waals surface area contributed by atoms with E-state index in [-0.39, 0.29) is 11.4 Å². The number of phenols is 1. The van der Waals surface area contributed by atoms with Crippen molar-refractivity contribution in [1.29, 1.82) is 0 Å². The fourth-order valence-electron chi connectivity index (χ4n) is 2.11. The lowest BCUT2D eigenvalue weighted by Crippen LogP contribution is -2.08. The number of thioether (sulfide) groups is 1. The number of hydrogen-bond acceptors (Lipinski definition) is 4. The van der Waals surface area contributed by atoms with Crippen molar-refractivity contribution < 1.29 is 10.0 Å². The molecule has 0 heterocycles. The zero-order valence-corrected chi connectivity index (χ0v) is 10.3. The summed E-state index contributed by atoms with van der Waals surface area (Å²) in [5.41, 5.74) is 0.0144. The van der Waals surface area contributed by atoms with Gasteiger partial charge in [-0.15, -0.1) is 11.8 Å². The van der Waals surface area contributed by atoms with Gasteiger partial charge in [-0.05, 0) is 25.0 Å². The maximum Gasteiger partial charge on any atom is 0.286 e. The Morgan fingerprint density at radius 3 is 2.65 bits per heavy atom. The molecule has 4 nitrogen and oxygen atoms in total. The normalized spacial score (nSPS) is 16.9. The summed E-state index contributed by atoms with van der Waals surface area (Å²) in [4.78, 5) is 11.1. The molecular weight excluding hydrogens is 238 g/mol. The fourth-order valence-corrected chi connectivity index (χ4v) is 3.44. The van der Waals surface area contributed by atoms with Gasteiger partial charge in [-0.2, -0.15) is 0 Å². The molecule has 0 saturated heterocycles. The predicted octanol–water partition coefficient (Wildman–Crippen LogP) is 3.73. The van der Waals surface area contributed by atoms with E-state index in [0.717, 1.165) is 12.8 Å². The van der Waals surface area contributed by atoms with E-state index in [9.17, 15) is 15.2 Å². The number of rotatable bonds is 3. The molecule has 0 radical (unpaired) electrons. The molecule has 1 aliphatic carbocycles. The fraction of sp³-hybridized carbons (Fsp3) is 0.500. The monoisotopic (exact) mass is 253 g/mol. The summed E-state index contributed by atoms with van der Waals surface area (Å²) in [5.74, 6) is -0.0512. The summed E-state index contributed by atoms with van der Waals surface area (Å²) in [6.07, 6.45) is 5.95. The average molecular weight is 253 g/mol. The highest BCUT2D eigenvalue weighted by Crippen LogP contribution is 2.39. The van der Waals surface area contributed by atoms with Crippen LogP contribution in [0.25, 0.3) is 0 Å². The van der Waals surface area contributed by atoms with Gasteiger partial charge in [0, 0.05) is 5.25 Å². The highest BCUT2D eigenvalue weighted by molar-refractivity contribution is 8.00. The van der Waals surface area contributed by atoms with Crippen molar-refractivity contribution in [2.45, 2.75) is 42.2 Å². The topological polar surface area (TPSA) is 63.4 Å². The van der Waals surface area contributed by atoms with Crippen LogP contribution in [-0.2, 0) is 0 Å². The van der Waals surface area contributed by atoms with Gasteiger partial charge in [0.25, 0.3) is 5.69 Å². The third-order valence-corrected chi connectivity index (χ3v) is 4.39. The first kappa shape index (κ1) is 12.2. The molecule has 0 aliphatic heterocycles. The number of hydrogen-bond donors (Lipinski definition) is 1. The second kappa shape index (κ2) is 5.40. The minimum Gasteiger partial charge on any atom is -0.508 e. The SMILES string of the molecule is O=[N+]([O-])c1cc(O)ccc1SC1CCCCC1. The summed E-state index contributed by atoms with van der Waals surface area (Å²) in [6.45, 7) is 0. The third kappa shape index (κ3) is 3.12. The van der Waals surface area contributed by atoms with E-state index >= 15 is 0 Å². The molecule has 0 spiro atoms. The van der Waals surface area contributed by atoms with Crippen LogP contribution in [0.5, 0.6) is 5.75 Å². The quantitative estimate of drug-likeness (QED) is 0.658. The first-order valence-corrected chi connectivity index (χ1v) is 6.69. The smallest absolute Gasteiger partial charge is 0.286 e. The third-order valence-electron chi connectivity index (χ3n) is 2.99. The summed E-state index contributed by atoms with van der Waals surface area (Å²) in [6, 6.07) is 4.38. The van der Waals surface area contributed by atoms with Crippen molar-refractivity contribution in [1.82, 2.24) is 0 Å². The second-order valence-corrected chi connectivity index (χ2v) is 5.63. The Bertz CT molecular complexity index is 416. The van der Waals surface area contributed by atoms with E-state index in [1.807, 2.05) is 0 Å². The molecule has 1 saturated carbocycles. The molecule has 1 fully saturated rings. The summed E-state index contributed by atoms with van der Waals surface area (Å²) in [7, 11) is 0. The molecule has 2 rings (SSSR count). The van der Waals surface area contributed by atoms with Gasteiger partial charge in [-0.25, -0.2) is 0 Å². The Balaban J connectivity index is 2.16. The van der Waals surface area contributed by atoms with Crippen LogP contribution < -0.4 is 0 Å². The molecule has 0 atom stereocenters. The van der Waals surface area contributed by atoms with Gasteiger partial charge >= 0.3 is 0 Å². The van der Waals surface area contributed by atoms with Gasteiger partial charge in [0.15, 0.2) is 0 Å². The number of aromatic hydroxyl groups is 1. The standard InChI is InChI=1S/C12H15NO3S/c14-9-6-7-12(11(8-9)13(15)16)17-10-4-2-1-3-5-10/h6-8,10,14H,1-5H2. The van der Waals surface area contributed by atoms with Crippen molar-refractivity contribution in [3.63, 3.8) is 0 Å². The van der Waals surface area contributed by atoms with Crippen LogP contribution >= 0.6 is 11.8 Å². The zero-order chi connectivity index (χ0) is 12.3. The number of nitrogens with zero attached hydrogens (tertiary/aromatic N) is 1. The Morgan fingerprint density at radius 2 is 2.00 bits per heavy atom. The van der Waals surface area contributed by atoms with Crippen molar-refractivity contribution >= 4 is 17.4 Å². The number of benzene rings is 1. The lowest BCUT2D eigenvalue weighted by molar-refractivity contribution is -0.387. The van der Waals surface area contributed by atoms with Gasteiger partial charge in [0.05, 0.1) is 15.9 Å². The van der Waals surface area contributed by atoms with Gasteiger partial charge in [0.2, 0.25) is 0 Å². The van der Waals surface area contributed by atoms with E-state index in [1.165, 1.54) is 31.4 Å². The zero-order valence-electron chi connectivity index (χ0n) is 9.46. The lowest BCUT2D eigenvalue weighted by atomic mass is 10.0. The van der Waals surface area contributed by atoms with E-state index < -0.39 is 4.92 Å². The first-order chi connectivity index (χ1) is 8.16. The Morgan fingerprint density at radius 1 is 1.29 bits per heavy atom. The molecule has 5 heteroatoms. The van der Waals surface area contributed by atoms with Crippen LogP contribution in [-0.4, -0.2) is 15.3 Å². The summed E-state index contributed by atoms with van der Waals surface area (Å²) in [5, 5.41) is 20.7. The van der Waals surface area contributed by atoms with E-state index in [2.05, 4.69) is 0 Å². The van der Waals surface area contributed by atoms with E-state index in [0.29, 0.717) is 10.1 Å². The van der Waals surface area contributed by atoms with Gasteiger partial charge in [-0.3, -0.25) is 10.1 Å². The Hall–Kier alpha value is -1.23. The summed E-state index contributed by atoms with van der Waals surface area (Å²) < 4.78 is 0. The van der Waals surface area contributed by atoms with Crippen molar-refractivity contribution in [2.24, 2.45) is 0 Å². The molecule has 0 unspecified atom stereocenters. The summed E-state index contributed by atoms with van der Waals surface area (Å²) >= 11 is 1.58. The average Bonchev–Trinajstić information content (AvgIpc) is 2.32. The van der Waals surface area contributed by atoms with E-state index in [1.54, 1.807) is 17.8 Å². The molecule has 0 aromatic heterocycles. The molecule has 1 aromatic rings. The maximum absolute atomic E-state index is 10.9. The maximum atomic E-state index is 10.9. The molecule has 1 aromatic carbocycles. The van der Waals surface area contributed by atoms with Crippen LogP contribution in [0, 0.1) is 10.1 Å². The highest BCUT2D eigenvalue weighted by Gasteiger charge is 2.21. The highest BCUT2D eigenvalue weighted by atomic mass is 32.2. The van der Waals surface area contributed by atoms with Crippen LogP contribution in [0.2, 0.25) is 0 Å². The number of phenolic OH excluding ortho intramolecular Hbond substituents is 1. The molecule has 0 amide bonds. The predicted molar refractivity (Wildman–Crippen MR) is 67.5 cm³/mol. The van der Waals surface area contributed by atoms with Gasteiger partial charge in [-0.1, -0.05) is 19.3 Å². The van der Waals surface area contributed by atoms with Crippen LogP contribution in [0.15, 0.2) is 23.1 Å². The first-order valence-electron chi connectivity index (χ1n) is 5.81. The van der Waals surface area contributed by atoms with Gasteiger partial charge < -0.3 is 5.11 Å². The van der Waals surface area contributed by atoms with Gasteiger partial charge in [0.1, 0.15) is 5.75 Å². The van der Waals surface area contributed by atoms with E-state index in [4.69, 9.17) is 0 Å². The minimum atomic E-state index is -0.426. The van der Waals surface area contributed by atoms with Crippen molar-refractivity contribution in [3.8, 4) is 5.75 Å². The number of nitro benzene ring substituents is 1. The van der Waals surface area contributed by atoms with Crippen LogP contribution in [0.1, 0.15) is 32.1 Å². The van der Waals surface area contributed by atoms with Crippen molar-refractivity contribution in [3.05, 3.63) is 28.3 Å². The molecule has 17 heavy (non-hydrogen) atoms. The second-order valence-electron chi connectivity index (χ2n) is 4.29. The molecular formula is C12H15NO3S. The molecule has 0 bridgehead atoms. The molecule has 1 N–H and O–H groups in total. The lowest BCUT2D eigenvalue weighted by Gasteiger charge is -2.20. The van der Waals surface area contributed by atoms with Crippen LogP contribution in [0.4, 0.5) is 5.69 Å². The number of nitro groups is 1. The van der Waals surface area contributed by atoms with Crippen molar-refractivity contribution in [2.75, 3.05) is 0 Å².